The van der Waals surface area contributed by atoms with Crippen molar-refractivity contribution in [2.24, 2.45) is 0 Å². The van der Waals surface area contributed by atoms with Gasteiger partial charge in [0.2, 0.25) is 0 Å². The lowest BCUT2D eigenvalue weighted by Crippen LogP contribution is -2.01. The van der Waals surface area contributed by atoms with E-state index in [0.29, 0.717) is 19.0 Å². The van der Waals surface area contributed by atoms with Crippen LogP contribution >= 0.6 is 0 Å². The van der Waals surface area contributed by atoms with Crippen molar-refractivity contribution in [3.05, 3.63) is 23.9 Å². The molecule has 3 rings (SSSR count). The number of nitrogen functional groups attached to an aromatic ring is 1. The summed E-state index contributed by atoms with van der Waals surface area (Å²) in [6.45, 7) is 3.22. The molecule has 0 bridgehead atoms. The van der Waals surface area contributed by atoms with Crippen LogP contribution in [0.15, 0.2) is 18.2 Å². The number of anilines is 1. The minimum Gasteiger partial charge on any atom is -0.490 e. The normalized spacial score (nSPS) is 14.3. The molecule has 0 saturated carbocycles. The average molecular weight is 246 g/mol. The van der Waals surface area contributed by atoms with Crippen LogP contribution in [0.5, 0.6) is 11.5 Å². The molecule has 2 aromatic rings. The molecule has 0 saturated heterocycles. The molecule has 2 N–H and O–H groups in total. The van der Waals surface area contributed by atoms with Gasteiger partial charge in [-0.3, -0.25) is 0 Å². The zero-order chi connectivity index (χ0) is 12.5. The molecular formula is C12H14N4O2. The Labute approximate surface area is 104 Å². The first kappa shape index (κ1) is 10.9. The van der Waals surface area contributed by atoms with E-state index in [1.807, 2.05) is 25.1 Å². The third kappa shape index (κ3) is 1.75. The van der Waals surface area contributed by atoms with Gasteiger partial charge in [0.05, 0.1) is 24.6 Å². The summed E-state index contributed by atoms with van der Waals surface area (Å²) in [6.07, 6.45) is 0.888. The highest BCUT2D eigenvalue weighted by Crippen LogP contribution is 2.31. The van der Waals surface area contributed by atoms with Gasteiger partial charge in [-0.25, -0.2) is 4.68 Å². The van der Waals surface area contributed by atoms with E-state index >= 15 is 0 Å². The predicted molar refractivity (Wildman–Crippen MR) is 66.1 cm³/mol. The second kappa shape index (κ2) is 4.21. The van der Waals surface area contributed by atoms with Crippen LogP contribution in [-0.2, 0) is 0 Å². The standard InChI is InChI=1S/C12H14N4O2/c1-8-12(13)14-15-16(8)9-3-4-10-11(7-9)18-6-2-5-17-10/h3-4,7H,2,5-6,13H2,1H3. The van der Waals surface area contributed by atoms with Crippen molar-refractivity contribution in [3.63, 3.8) is 0 Å². The number of hydrogen-bond donors (Lipinski definition) is 1. The zero-order valence-electron chi connectivity index (χ0n) is 10.1. The largest absolute Gasteiger partial charge is 0.490 e. The van der Waals surface area contributed by atoms with E-state index in [9.17, 15) is 0 Å². The molecule has 1 aromatic heterocycles. The maximum Gasteiger partial charge on any atom is 0.169 e. The van der Waals surface area contributed by atoms with Gasteiger partial charge in [0, 0.05) is 12.5 Å². The molecular weight excluding hydrogens is 232 g/mol. The Morgan fingerprint density at radius 1 is 1.22 bits per heavy atom. The fourth-order valence-corrected chi connectivity index (χ4v) is 1.87. The lowest BCUT2D eigenvalue weighted by Gasteiger charge is -2.09. The Hall–Kier alpha value is -2.24. The van der Waals surface area contributed by atoms with E-state index < -0.39 is 0 Å². The van der Waals surface area contributed by atoms with Crippen molar-refractivity contribution < 1.29 is 9.47 Å². The fourth-order valence-electron chi connectivity index (χ4n) is 1.87. The highest BCUT2D eigenvalue weighted by molar-refractivity contribution is 5.50. The van der Waals surface area contributed by atoms with E-state index in [2.05, 4.69) is 10.3 Å². The number of aromatic nitrogens is 3. The number of nitrogens with zero attached hydrogens (tertiary/aromatic N) is 3. The highest BCUT2D eigenvalue weighted by Gasteiger charge is 2.13. The second-order valence-electron chi connectivity index (χ2n) is 4.15. The van der Waals surface area contributed by atoms with Crippen LogP contribution in [0.2, 0.25) is 0 Å². The first-order valence-electron chi connectivity index (χ1n) is 5.83. The molecule has 1 aliphatic heterocycles. The van der Waals surface area contributed by atoms with Crippen LogP contribution in [0, 0.1) is 6.92 Å². The Balaban J connectivity index is 2.04. The number of fused-ring (bicyclic) bond motifs is 1. The van der Waals surface area contributed by atoms with Gasteiger partial charge in [-0.1, -0.05) is 5.21 Å². The Bertz CT molecular complexity index is 579. The number of nitrogens with two attached hydrogens (primary N) is 1. The van der Waals surface area contributed by atoms with Gasteiger partial charge in [0.1, 0.15) is 0 Å². The van der Waals surface area contributed by atoms with Crippen molar-refractivity contribution in [2.75, 3.05) is 18.9 Å². The van der Waals surface area contributed by atoms with Crippen molar-refractivity contribution in [1.29, 1.82) is 0 Å². The SMILES string of the molecule is Cc1c(N)nnn1-c1ccc2c(c1)OCCCO2. The van der Waals surface area contributed by atoms with Crippen LogP contribution in [0.25, 0.3) is 5.69 Å². The second-order valence-corrected chi connectivity index (χ2v) is 4.15. The van der Waals surface area contributed by atoms with E-state index in [1.165, 1.54) is 0 Å². The summed E-state index contributed by atoms with van der Waals surface area (Å²) in [6, 6.07) is 5.68. The predicted octanol–water partition coefficient (Wildman–Crippen LogP) is 1.32. The Kier molecular flexibility index (Phi) is 2.55. The topological polar surface area (TPSA) is 75.2 Å². The summed E-state index contributed by atoms with van der Waals surface area (Å²) in [5.41, 5.74) is 7.36. The highest BCUT2D eigenvalue weighted by atomic mass is 16.5. The molecule has 0 spiro atoms. The maximum absolute atomic E-state index is 5.69. The van der Waals surface area contributed by atoms with Gasteiger partial charge in [-0.05, 0) is 19.1 Å². The van der Waals surface area contributed by atoms with Crippen molar-refractivity contribution >= 4 is 5.82 Å². The molecule has 0 aliphatic carbocycles. The minimum absolute atomic E-state index is 0.433. The molecule has 0 radical (unpaired) electrons. The molecule has 2 heterocycles. The maximum atomic E-state index is 5.69. The van der Waals surface area contributed by atoms with Crippen LogP contribution in [0.3, 0.4) is 0 Å². The van der Waals surface area contributed by atoms with Gasteiger partial charge in [0.15, 0.2) is 17.3 Å². The number of rotatable bonds is 1. The molecule has 6 heteroatoms. The Morgan fingerprint density at radius 3 is 2.72 bits per heavy atom. The molecule has 6 nitrogen and oxygen atoms in total. The first-order chi connectivity index (χ1) is 8.75. The molecule has 1 aromatic carbocycles. The number of benzene rings is 1. The van der Waals surface area contributed by atoms with E-state index in [1.54, 1.807) is 4.68 Å². The summed E-state index contributed by atoms with van der Waals surface area (Å²) in [5, 5.41) is 7.85. The molecule has 18 heavy (non-hydrogen) atoms. The van der Waals surface area contributed by atoms with Crippen LogP contribution < -0.4 is 15.2 Å². The van der Waals surface area contributed by atoms with Gasteiger partial charge >= 0.3 is 0 Å². The van der Waals surface area contributed by atoms with E-state index in [-0.39, 0.29) is 0 Å². The van der Waals surface area contributed by atoms with Gasteiger partial charge in [0.25, 0.3) is 0 Å². The van der Waals surface area contributed by atoms with Crippen LogP contribution in [0.4, 0.5) is 5.82 Å². The molecule has 94 valence electrons. The summed E-state index contributed by atoms with van der Waals surface area (Å²) < 4.78 is 12.9. The summed E-state index contributed by atoms with van der Waals surface area (Å²) >= 11 is 0. The molecule has 0 fully saturated rings. The molecule has 1 aliphatic rings. The van der Waals surface area contributed by atoms with E-state index in [0.717, 1.165) is 29.3 Å². The van der Waals surface area contributed by atoms with E-state index in [4.69, 9.17) is 15.2 Å². The van der Waals surface area contributed by atoms with Crippen LogP contribution in [0.1, 0.15) is 12.1 Å². The Morgan fingerprint density at radius 2 is 2.00 bits per heavy atom. The van der Waals surface area contributed by atoms with Crippen molar-refractivity contribution in [1.82, 2.24) is 15.0 Å². The third-order valence-corrected chi connectivity index (χ3v) is 2.91. The number of hydrogen-bond acceptors (Lipinski definition) is 5. The summed E-state index contributed by atoms with van der Waals surface area (Å²) in [5.74, 6) is 1.93. The molecule has 0 atom stereocenters. The van der Waals surface area contributed by atoms with Gasteiger partial charge in [-0.2, -0.15) is 0 Å². The minimum atomic E-state index is 0.433. The summed E-state index contributed by atoms with van der Waals surface area (Å²) in [4.78, 5) is 0. The van der Waals surface area contributed by atoms with Crippen molar-refractivity contribution in [3.8, 4) is 17.2 Å². The lowest BCUT2D eigenvalue weighted by atomic mass is 10.2. The monoisotopic (exact) mass is 246 g/mol. The summed E-state index contributed by atoms with van der Waals surface area (Å²) in [7, 11) is 0. The molecule has 0 unspecified atom stereocenters. The first-order valence-corrected chi connectivity index (χ1v) is 5.83. The van der Waals surface area contributed by atoms with Crippen LogP contribution in [-0.4, -0.2) is 28.2 Å². The number of ether oxygens (including phenoxy) is 2. The van der Waals surface area contributed by atoms with Crippen molar-refractivity contribution in [2.45, 2.75) is 13.3 Å². The smallest absolute Gasteiger partial charge is 0.169 e. The third-order valence-electron chi connectivity index (χ3n) is 2.91. The van der Waals surface area contributed by atoms with Gasteiger partial charge in [-0.15, -0.1) is 5.10 Å². The molecule has 0 amide bonds. The lowest BCUT2D eigenvalue weighted by molar-refractivity contribution is 0.297. The van der Waals surface area contributed by atoms with Gasteiger partial charge < -0.3 is 15.2 Å². The fraction of sp³-hybridized carbons (Fsp3) is 0.333. The average Bonchev–Trinajstić information content (AvgIpc) is 2.61. The quantitative estimate of drug-likeness (QED) is 0.821. The zero-order valence-corrected chi connectivity index (χ0v) is 10.1.